The normalized spacial score (nSPS) is 11.3. The van der Waals surface area contributed by atoms with Crippen LogP contribution >= 0.6 is 27.5 Å². The summed E-state index contributed by atoms with van der Waals surface area (Å²) in [7, 11) is 0. The Labute approximate surface area is 167 Å². The number of aliphatic imine (C=N–C) groups is 1. The van der Waals surface area contributed by atoms with Gasteiger partial charge < -0.3 is 5.11 Å². The van der Waals surface area contributed by atoms with Crippen LogP contribution in [0.5, 0.6) is 5.88 Å². The zero-order valence-electron chi connectivity index (χ0n) is 14.5. The molecular weight excluding hydrogens is 434 g/mol. The number of aryl methyl sites for hydroxylation is 2. The first-order chi connectivity index (χ1) is 12.8. The summed E-state index contributed by atoms with van der Waals surface area (Å²) in [6.07, 6.45) is 1.20. The number of nitrogens with zero attached hydrogens (tertiary/aromatic N) is 2. The van der Waals surface area contributed by atoms with Crippen LogP contribution in [0.2, 0.25) is 5.02 Å². The zero-order chi connectivity index (χ0) is 19.7. The molecule has 6 nitrogen and oxygen atoms in total. The van der Waals surface area contributed by atoms with E-state index in [0.717, 1.165) is 15.7 Å². The van der Waals surface area contributed by atoms with Crippen molar-refractivity contribution in [2.24, 2.45) is 4.99 Å². The van der Waals surface area contributed by atoms with Crippen LogP contribution in [0.4, 0.5) is 5.69 Å². The predicted molar refractivity (Wildman–Crippen MR) is 110 cm³/mol. The Morgan fingerprint density at radius 1 is 1.15 bits per heavy atom. The van der Waals surface area contributed by atoms with Crippen LogP contribution in [0.15, 0.2) is 55.5 Å². The van der Waals surface area contributed by atoms with Gasteiger partial charge in [0.25, 0.3) is 5.56 Å². The molecule has 0 saturated heterocycles. The van der Waals surface area contributed by atoms with Crippen molar-refractivity contribution < 1.29 is 5.11 Å². The maximum absolute atomic E-state index is 12.2. The molecular formula is C19H15BrClN3O3. The summed E-state index contributed by atoms with van der Waals surface area (Å²) >= 11 is 9.31. The Morgan fingerprint density at radius 3 is 2.56 bits per heavy atom. The van der Waals surface area contributed by atoms with Gasteiger partial charge in [0, 0.05) is 10.7 Å². The van der Waals surface area contributed by atoms with Crippen molar-refractivity contribution in [1.82, 2.24) is 9.55 Å². The number of aromatic nitrogens is 2. The summed E-state index contributed by atoms with van der Waals surface area (Å²) < 4.78 is 1.75. The maximum atomic E-state index is 12.2. The van der Waals surface area contributed by atoms with E-state index in [2.05, 4.69) is 25.9 Å². The molecule has 8 heteroatoms. The van der Waals surface area contributed by atoms with Crippen molar-refractivity contribution in [2.45, 2.75) is 13.8 Å². The number of aromatic amines is 1. The van der Waals surface area contributed by atoms with Crippen molar-refractivity contribution in [3.05, 3.63) is 83.4 Å². The third kappa shape index (κ3) is 3.89. The van der Waals surface area contributed by atoms with Crippen LogP contribution in [0.3, 0.4) is 0 Å². The summed E-state index contributed by atoms with van der Waals surface area (Å²) in [5.41, 5.74) is 1.33. The van der Waals surface area contributed by atoms with Crippen molar-refractivity contribution >= 4 is 39.4 Å². The largest absolute Gasteiger partial charge is 0.493 e. The van der Waals surface area contributed by atoms with Crippen LogP contribution in [0, 0.1) is 13.8 Å². The quantitative estimate of drug-likeness (QED) is 0.593. The lowest BCUT2D eigenvalue weighted by atomic mass is 10.1. The van der Waals surface area contributed by atoms with E-state index in [-0.39, 0.29) is 5.56 Å². The minimum Gasteiger partial charge on any atom is -0.493 e. The fourth-order valence-corrected chi connectivity index (χ4v) is 2.88. The molecule has 0 radical (unpaired) electrons. The van der Waals surface area contributed by atoms with Crippen molar-refractivity contribution in [3.63, 3.8) is 0 Å². The summed E-state index contributed by atoms with van der Waals surface area (Å²) in [5.74, 6) is -0.487. The topological polar surface area (TPSA) is 87.4 Å². The van der Waals surface area contributed by atoms with Crippen molar-refractivity contribution in [3.8, 4) is 11.6 Å². The average Bonchev–Trinajstić information content (AvgIpc) is 2.60. The molecule has 2 aromatic carbocycles. The van der Waals surface area contributed by atoms with Gasteiger partial charge in [0.2, 0.25) is 5.88 Å². The molecule has 138 valence electrons. The number of hydrogen-bond acceptors (Lipinski definition) is 4. The van der Waals surface area contributed by atoms with E-state index in [9.17, 15) is 14.7 Å². The van der Waals surface area contributed by atoms with Crippen molar-refractivity contribution in [1.29, 1.82) is 0 Å². The number of nitrogens with one attached hydrogen (secondary N) is 1. The second-order valence-corrected chi connectivity index (χ2v) is 7.22. The molecule has 0 fully saturated rings. The van der Waals surface area contributed by atoms with Gasteiger partial charge in [-0.2, -0.15) is 0 Å². The minimum atomic E-state index is -0.732. The molecule has 3 rings (SSSR count). The molecule has 3 aromatic rings. The molecule has 0 spiro atoms. The zero-order valence-corrected chi connectivity index (χ0v) is 16.8. The van der Waals surface area contributed by atoms with E-state index < -0.39 is 17.1 Å². The number of aromatic hydroxyl groups is 1. The molecule has 0 unspecified atom stereocenters. The Bertz CT molecular complexity index is 1180. The van der Waals surface area contributed by atoms with E-state index in [0.29, 0.717) is 20.9 Å². The number of rotatable bonds is 3. The van der Waals surface area contributed by atoms with Gasteiger partial charge in [-0.15, -0.1) is 0 Å². The monoisotopic (exact) mass is 447 g/mol. The molecule has 0 amide bonds. The highest BCUT2D eigenvalue weighted by Crippen LogP contribution is 2.27. The molecule has 27 heavy (non-hydrogen) atoms. The molecule has 1 aromatic heterocycles. The first kappa shape index (κ1) is 19.1. The van der Waals surface area contributed by atoms with Gasteiger partial charge in [-0.05, 0) is 71.2 Å². The van der Waals surface area contributed by atoms with Crippen LogP contribution < -0.4 is 11.2 Å². The molecule has 0 aliphatic heterocycles. The third-order valence-electron chi connectivity index (χ3n) is 4.12. The first-order valence-electron chi connectivity index (χ1n) is 7.93. The summed E-state index contributed by atoms with van der Waals surface area (Å²) in [6.45, 7) is 3.84. The SMILES string of the molecule is Cc1ccc(-n2c(O)c(C=Nc3ccc(Br)c(Cl)c3)c(=O)[nH]c2=O)cc1C. The Balaban J connectivity index is 2.12. The number of benzene rings is 2. The van der Waals surface area contributed by atoms with E-state index in [4.69, 9.17) is 11.6 Å². The summed E-state index contributed by atoms with van der Waals surface area (Å²) in [4.78, 5) is 30.8. The van der Waals surface area contributed by atoms with Crippen LogP contribution in [-0.4, -0.2) is 20.9 Å². The average molecular weight is 449 g/mol. The van der Waals surface area contributed by atoms with E-state index >= 15 is 0 Å². The molecule has 0 saturated carbocycles. The molecule has 0 aliphatic rings. The van der Waals surface area contributed by atoms with Crippen LogP contribution in [0.25, 0.3) is 5.69 Å². The predicted octanol–water partition coefficient (Wildman–Crippen LogP) is 4.01. The fraction of sp³-hybridized carbons (Fsp3) is 0.105. The Kier molecular flexibility index (Phi) is 5.34. The number of hydrogen-bond donors (Lipinski definition) is 2. The van der Waals surface area contributed by atoms with Gasteiger partial charge >= 0.3 is 5.69 Å². The fourth-order valence-electron chi connectivity index (χ4n) is 2.46. The number of H-pyrrole nitrogens is 1. The van der Waals surface area contributed by atoms with E-state index in [1.807, 2.05) is 19.9 Å². The summed E-state index contributed by atoms with van der Waals surface area (Å²) in [6, 6.07) is 10.3. The van der Waals surface area contributed by atoms with Crippen LogP contribution in [-0.2, 0) is 0 Å². The molecule has 0 aliphatic carbocycles. The van der Waals surface area contributed by atoms with Crippen LogP contribution in [0.1, 0.15) is 16.7 Å². The Morgan fingerprint density at radius 2 is 1.89 bits per heavy atom. The third-order valence-corrected chi connectivity index (χ3v) is 5.35. The smallest absolute Gasteiger partial charge is 0.335 e. The van der Waals surface area contributed by atoms with E-state index in [1.165, 1.54) is 6.21 Å². The first-order valence-corrected chi connectivity index (χ1v) is 9.10. The maximum Gasteiger partial charge on any atom is 0.335 e. The summed E-state index contributed by atoms with van der Waals surface area (Å²) in [5, 5.41) is 11.0. The molecule has 0 atom stereocenters. The second kappa shape index (κ2) is 7.54. The molecule has 2 N–H and O–H groups in total. The van der Waals surface area contributed by atoms with Gasteiger partial charge in [-0.1, -0.05) is 17.7 Å². The molecule has 1 heterocycles. The van der Waals surface area contributed by atoms with Gasteiger partial charge in [0.1, 0.15) is 5.56 Å². The standard InChI is InChI=1S/C19H15BrClN3O3/c1-10-3-5-13(7-11(10)2)24-18(26)14(17(25)23-19(24)27)9-22-12-4-6-15(20)16(21)8-12/h3-9,26H,1-2H3,(H,23,25,27). The van der Waals surface area contributed by atoms with E-state index in [1.54, 1.807) is 30.3 Å². The Hall–Kier alpha value is -2.64. The van der Waals surface area contributed by atoms with Crippen molar-refractivity contribution in [2.75, 3.05) is 0 Å². The van der Waals surface area contributed by atoms with Gasteiger partial charge in [-0.25, -0.2) is 9.36 Å². The lowest BCUT2D eigenvalue weighted by molar-refractivity contribution is 0.430. The second-order valence-electron chi connectivity index (χ2n) is 5.96. The minimum absolute atomic E-state index is 0.133. The van der Waals surface area contributed by atoms with Gasteiger partial charge in [-0.3, -0.25) is 14.8 Å². The number of halogens is 2. The van der Waals surface area contributed by atoms with Gasteiger partial charge in [0.05, 0.1) is 16.4 Å². The highest BCUT2D eigenvalue weighted by Gasteiger charge is 2.14. The lowest BCUT2D eigenvalue weighted by Crippen LogP contribution is -2.31. The van der Waals surface area contributed by atoms with Gasteiger partial charge in [0.15, 0.2) is 0 Å². The molecule has 0 bridgehead atoms. The highest BCUT2D eigenvalue weighted by molar-refractivity contribution is 9.10. The highest BCUT2D eigenvalue weighted by atomic mass is 79.9. The lowest BCUT2D eigenvalue weighted by Gasteiger charge is -2.11.